The van der Waals surface area contributed by atoms with E-state index in [1.165, 1.54) is 0 Å². The Balaban J connectivity index is 2.36. The molecule has 0 spiro atoms. The number of rotatable bonds is 3. The van der Waals surface area contributed by atoms with Crippen molar-refractivity contribution in [2.75, 3.05) is 5.32 Å². The third-order valence-electron chi connectivity index (χ3n) is 2.92. The molecule has 5 heteroatoms. The van der Waals surface area contributed by atoms with E-state index in [-0.39, 0.29) is 17.0 Å². The second kappa shape index (κ2) is 6.61. The maximum atomic E-state index is 9.31. The molecule has 22 heavy (non-hydrogen) atoms. The Kier molecular flexibility index (Phi) is 4.40. The van der Waals surface area contributed by atoms with Crippen LogP contribution in [0.15, 0.2) is 59.8 Å². The van der Waals surface area contributed by atoms with Crippen LogP contribution in [-0.2, 0) is 0 Å². The van der Waals surface area contributed by atoms with Gasteiger partial charge in [0, 0.05) is 5.69 Å². The monoisotopic (exact) mass is 286 g/mol. The van der Waals surface area contributed by atoms with Gasteiger partial charge in [-0.25, -0.2) is 0 Å². The molecule has 2 aromatic rings. The van der Waals surface area contributed by atoms with Crippen LogP contribution in [0.4, 0.5) is 5.69 Å². The maximum Gasteiger partial charge on any atom is 0.163 e. The van der Waals surface area contributed by atoms with E-state index in [0.717, 1.165) is 11.1 Å². The zero-order chi connectivity index (χ0) is 15.9. The molecule has 0 unspecified atom stereocenters. The number of hydrogen-bond donors (Lipinski definition) is 2. The molecule has 0 amide bonds. The normalized spacial score (nSPS) is 8.95. The Morgan fingerprint density at radius 1 is 0.864 bits per heavy atom. The summed E-state index contributed by atoms with van der Waals surface area (Å²) in [6.07, 6.45) is 0. The van der Waals surface area contributed by atoms with Crippen molar-refractivity contribution in [3.8, 4) is 35.1 Å². The highest BCUT2D eigenvalue weighted by Gasteiger charge is 2.07. The van der Waals surface area contributed by atoms with Gasteiger partial charge in [0.25, 0.3) is 0 Å². The van der Waals surface area contributed by atoms with Crippen molar-refractivity contribution in [2.45, 2.75) is 0 Å². The molecule has 0 aliphatic carbocycles. The largest absolute Gasteiger partial charge is 0.508 e. The lowest BCUT2D eigenvalue weighted by molar-refractivity contribution is 0.475. The lowest BCUT2D eigenvalue weighted by Gasteiger charge is -2.07. The third-order valence-corrected chi connectivity index (χ3v) is 2.92. The average molecular weight is 286 g/mol. The summed E-state index contributed by atoms with van der Waals surface area (Å²) in [7, 11) is 0. The fourth-order valence-corrected chi connectivity index (χ4v) is 1.86. The van der Waals surface area contributed by atoms with E-state index in [9.17, 15) is 5.11 Å². The summed E-state index contributed by atoms with van der Waals surface area (Å²) in [6.45, 7) is 0. The SMILES string of the molecule is N#CC(C#N)=C(C#N)Nc1cccc(-c2ccc(O)cc2)c1. The molecule has 0 bridgehead atoms. The summed E-state index contributed by atoms with van der Waals surface area (Å²) in [5.74, 6) is 0.181. The summed E-state index contributed by atoms with van der Waals surface area (Å²) >= 11 is 0. The molecule has 0 fully saturated rings. The molecule has 2 N–H and O–H groups in total. The van der Waals surface area contributed by atoms with Gasteiger partial charge in [-0.1, -0.05) is 24.3 Å². The number of hydrogen-bond acceptors (Lipinski definition) is 5. The molecule has 0 radical (unpaired) electrons. The quantitative estimate of drug-likeness (QED) is 0.842. The number of nitrogens with zero attached hydrogens (tertiary/aromatic N) is 3. The van der Waals surface area contributed by atoms with Gasteiger partial charge >= 0.3 is 0 Å². The van der Waals surface area contributed by atoms with Crippen LogP contribution in [0.25, 0.3) is 11.1 Å². The second-order valence-corrected chi connectivity index (χ2v) is 4.34. The molecule has 5 nitrogen and oxygen atoms in total. The lowest BCUT2D eigenvalue weighted by Crippen LogP contribution is -2.00. The number of anilines is 1. The lowest BCUT2D eigenvalue weighted by atomic mass is 10.0. The van der Waals surface area contributed by atoms with Gasteiger partial charge in [0.05, 0.1) is 0 Å². The van der Waals surface area contributed by atoms with Crippen molar-refractivity contribution >= 4 is 5.69 Å². The van der Waals surface area contributed by atoms with Gasteiger partial charge in [0.2, 0.25) is 0 Å². The van der Waals surface area contributed by atoms with Gasteiger partial charge in [-0.3, -0.25) is 0 Å². The van der Waals surface area contributed by atoms with Gasteiger partial charge < -0.3 is 10.4 Å². The van der Waals surface area contributed by atoms with Crippen LogP contribution in [-0.4, -0.2) is 5.11 Å². The Morgan fingerprint density at radius 3 is 2.14 bits per heavy atom. The van der Waals surface area contributed by atoms with E-state index in [4.69, 9.17) is 15.8 Å². The van der Waals surface area contributed by atoms with E-state index < -0.39 is 0 Å². The van der Waals surface area contributed by atoms with Gasteiger partial charge in [0.1, 0.15) is 29.7 Å². The van der Waals surface area contributed by atoms with Crippen molar-refractivity contribution in [2.24, 2.45) is 0 Å². The standard InChI is InChI=1S/C17H10N4O/c18-9-14(10-19)17(11-20)21-15-3-1-2-13(8-15)12-4-6-16(22)7-5-12/h1-8,21-22H. The van der Waals surface area contributed by atoms with E-state index in [0.29, 0.717) is 5.69 Å². The molecule has 0 aromatic heterocycles. The molecule has 2 rings (SSSR count). The highest BCUT2D eigenvalue weighted by molar-refractivity contribution is 5.70. The minimum Gasteiger partial charge on any atom is -0.508 e. The Labute approximate surface area is 127 Å². The van der Waals surface area contributed by atoms with Crippen LogP contribution >= 0.6 is 0 Å². The van der Waals surface area contributed by atoms with Gasteiger partial charge in [-0.05, 0) is 35.4 Å². The smallest absolute Gasteiger partial charge is 0.163 e. The molecule has 0 heterocycles. The number of phenolic OH excluding ortho intramolecular Hbond substituents is 1. The molecule has 0 aliphatic heterocycles. The van der Waals surface area contributed by atoms with Gasteiger partial charge in [0.15, 0.2) is 5.57 Å². The summed E-state index contributed by atoms with van der Waals surface area (Å²) in [6, 6.07) is 19.1. The number of benzene rings is 2. The molecule has 0 saturated heterocycles. The van der Waals surface area contributed by atoms with E-state index in [2.05, 4.69) is 5.32 Å². The molecule has 104 valence electrons. The topological polar surface area (TPSA) is 104 Å². The van der Waals surface area contributed by atoms with E-state index >= 15 is 0 Å². The molecule has 2 aromatic carbocycles. The summed E-state index contributed by atoms with van der Waals surface area (Å²) in [4.78, 5) is 0. The van der Waals surface area contributed by atoms with Crippen LogP contribution in [0.5, 0.6) is 5.75 Å². The van der Waals surface area contributed by atoms with E-state index in [1.54, 1.807) is 54.6 Å². The summed E-state index contributed by atoms with van der Waals surface area (Å²) < 4.78 is 0. The summed E-state index contributed by atoms with van der Waals surface area (Å²) in [5, 5.41) is 38.8. The number of phenols is 1. The third kappa shape index (κ3) is 3.22. The number of aromatic hydroxyl groups is 1. The molecular formula is C17H10N4O. The van der Waals surface area contributed by atoms with Crippen LogP contribution < -0.4 is 5.32 Å². The Hall–Kier alpha value is -3.75. The molecular weight excluding hydrogens is 276 g/mol. The highest BCUT2D eigenvalue weighted by Crippen LogP contribution is 2.25. The zero-order valence-corrected chi connectivity index (χ0v) is 11.4. The van der Waals surface area contributed by atoms with Gasteiger partial charge in [-0.15, -0.1) is 0 Å². The zero-order valence-electron chi connectivity index (χ0n) is 11.4. The minimum absolute atomic E-state index is 0.0899. The van der Waals surface area contributed by atoms with Crippen LogP contribution in [0, 0.1) is 34.0 Å². The highest BCUT2D eigenvalue weighted by atomic mass is 16.3. The fourth-order valence-electron chi connectivity index (χ4n) is 1.86. The Bertz CT molecular complexity index is 830. The minimum atomic E-state index is -0.266. The first-order chi connectivity index (χ1) is 10.7. The number of nitrogens with one attached hydrogen (secondary N) is 1. The molecule has 0 aliphatic rings. The number of allylic oxidation sites excluding steroid dienone is 2. The van der Waals surface area contributed by atoms with Crippen molar-refractivity contribution in [1.82, 2.24) is 0 Å². The molecule has 0 saturated carbocycles. The maximum absolute atomic E-state index is 9.31. The second-order valence-electron chi connectivity index (χ2n) is 4.34. The molecule has 0 atom stereocenters. The average Bonchev–Trinajstić information content (AvgIpc) is 2.56. The van der Waals surface area contributed by atoms with Crippen LogP contribution in [0.3, 0.4) is 0 Å². The van der Waals surface area contributed by atoms with Crippen molar-refractivity contribution in [1.29, 1.82) is 15.8 Å². The Morgan fingerprint density at radius 2 is 1.55 bits per heavy atom. The fraction of sp³-hybridized carbons (Fsp3) is 0. The van der Waals surface area contributed by atoms with Crippen molar-refractivity contribution in [3.05, 3.63) is 59.8 Å². The van der Waals surface area contributed by atoms with Crippen molar-refractivity contribution in [3.63, 3.8) is 0 Å². The first-order valence-corrected chi connectivity index (χ1v) is 6.29. The van der Waals surface area contributed by atoms with Crippen LogP contribution in [0.1, 0.15) is 0 Å². The van der Waals surface area contributed by atoms with Crippen molar-refractivity contribution < 1.29 is 5.11 Å². The predicted octanol–water partition coefficient (Wildman–Crippen LogP) is 3.30. The first-order valence-electron chi connectivity index (χ1n) is 6.29. The number of nitriles is 3. The van der Waals surface area contributed by atoms with Gasteiger partial charge in [-0.2, -0.15) is 15.8 Å². The summed E-state index contributed by atoms with van der Waals surface area (Å²) in [5.41, 5.74) is 2.00. The predicted molar refractivity (Wildman–Crippen MR) is 81.0 cm³/mol. The first kappa shape index (κ1) is 14.7. The van der Waals surface area contributed by atoms with Crippen LogP contribution in [0.2, 0.25) is 0 Å². The van der Waals surface area contributed by atoms with E-state index in [1.807, 2.05) is 12.1 Å².